The Morgan fingerprint density at radius 3 is 2.68 bits per heavy atom. The van der Waals surface area contributed by atoms with Crippen LogP contribution in [0, 0.1) is 5.41 Å². The van der Waals surface area contributed by atoms with Gasteiger partial charge in [0, 0.05) is 11.5 Å². The van der Waals surface area contributed by atoms with E-state index in [0.29, 0.717) is 23.8 Å². The molecule has 0 amide bonds. The van der Waals surface area contributed by atoms with Gasteiger partial charge in [-0.15, -0.1) is 0 Å². The maximum Gasteiger partial charge on any atom is 0.242 e. The van der Waals surface area contributed by atoms with Crippen LogP contribution in [0.15, 0.2) is 6.33 Å². The molecule has 106 valence electrons. The largest absolute Gasteiger partial charge is 0.473 e. The number of rotatable bonds is 4. The number of aliphatic hydroxyl groups is 1. The van der Waals surface area contributed by atoms with Crippen molar-refractivity contribution in [2.24, 2.45) is 5.41 Å². The van der Waals surface area contributed by atoms with E-state index in [1.807, 2.05) is 27.7 Å². The lowest BCUT2D eigenvalue weighted by atomic mass is 9.64. The van der Waals surface area contributed by atoms with Crippen LogP contribution in [0.4, 0.5) is 11.5 Å². The quantitative estimate of drug-likeness (QED) is 0.763. The van der Waals surface area contributed by atoms with Crippen molar-refractivity contribution in [3.05, 3.63) is 6.33 Å². The molecule has 6 nitrogen and oxygen atoms in total. The lowest BCUT2D eigenvalue weighted by Gasteiger charge is -2.49. The van der Waals surface area contributed by atoms with Crippen molar-refractivity contribution in [3.8, 4) is 5.88 Å². The summed E-state index contributed by atoms with van der Waals surface area (Å²) in [5, 5.41) is 13.0. The van der Waals surface area contributed by atoms with Crippen LogP contribution in [-0.4, -0.2) is 33.3 Å². The van der Waals surface area contributed by atoms with Gasteiger partial charge in [-0.1, -0.05) is 13.8 Å². The third kappa shape index (κ3) is 2.58. The summed E-state index contributed by atoms with van der Waals surface area (Å²) in [6.07, 6.45) is 1.83. The van der Waals surface area contributed by atoms with Crippen molar-refractivity contribution in [3.63, 3.8) is 0 Å². The number of nitrogens with one attached hydrogen (secondary N) is 1. The first-order valence-corrected chi connectivity index (χ1v) is 6.54. The number of anilines is 2. The lowest BCUT2D eigenvalue weighted by Crippen LogP contribution is -2.57. The molecule has 1 heterocycles. The highest BCUT2D eigenvalue weighted by Gasteiger charge is 2.47. The average Bonchev–Trinajstić information content (AvgIpc) is 2.33. The van der Waals surface area contributed by atoms with Gasteiger partial charge in [-0.05, 0) is 20.3 Å². The van der Waals surface area contributed by atoms with Crippen LogP contribution in [-0.2, 0) is 0 Å². The van der Waals surface area contributed by atoms with Crippen molar-refractivity contribution in [2.75, 3.05) is 11.1 Å². The Labute approximate surface area is 113 Å². The fourth-order valence-corrected chi connectivity index (χ4v) is 2.12. The molecule has 1 aromatic heterocycles. The van der Waals surface area contributed by atoms with E-state index in [9.17, 15) is 5.11 Å². The zero-order valence-corrected chi connectivity index (χ0v) is 11.8. The van der Waals surface area contributed by atoms with Gasteiger partial charge in [-0.25, -0.2) is 4.98 Å². The number of ether oxygens (including phenoxy) is 1. The van der Waals surface area contributed by atoms with Gasteiger partial charge >= 0.3 is 0 Å². The molecule has 6 heteroatoms. The average molecular weight is 266 g/mol. The molecule has 2 unspecified atom stereocenters. The van der Waals surface area contributed by atoms with Crippen LogP contribution in [0.5, 0.6) is 5.88 Å². The number of nitrogens with zero attached hydrogens (tertiary/aromatic N) is 2. The molecule has 19 heavy (non-hydrogen) atoms. The molecule has 0 aliphatic heterocycles. The number of hydrogen-bond donors (Lipinski definition) is 3. The van der Waals surface area contributed by atoms with E-state index in [-0.39, 0.29) is 23.7 Å². The fraction of sp³-hybridized carbons (Fsp3) is 0.692. The molecule has 1 saturated carbocycles. The summed E-state index contributed by atoms with van der Waals surface area (Å²) in [5.41, 5.74) is 6.23. The van der Waals surface area contributed by atoms with E-state index in [0.717, 1.165) is 0 Å². The van der Waals surface area contributed by atoms with Gasteiger partial charge in [-0.3, -0.25) is 0 Å². The molecule has 0 radical (unpaired) electrons. The van der Waals surface area contributed by atoms with E-state index < -0.39 is 0 Å². The normalized spacial score (nSPS) is 24.9. The van der Waals surface area contributed by atoms with Crippen LogP contribution < -0.4 is 15.8 Å². The second-order valence-corrected chi connectivity index (χ2v) is 5.88. The second kappa shape index (κ2) is 4.85. The molecule has 0 spiro atoms. The number of aliphatic hydroxyl groups excluding tert-OH is 1. The fourth-order valence-electron chi connectivity index (χ4n) is 2.12. The molecule has 1 aliphatic rings. The minimum Gasteiger partial charge on any atom is -0.473 e. The van der Waals surface area contributed by atoms with Gasteiger partial charge in [0.25, 0.3) is 0 Å². The van der Waals surface area contributed by atoms with E-state index >= 15 is 0 Å². The number of hydrogen-bond acceptors (Lipinski definition) is 6. The van der Waals surface area contributed by atoms with Gasteiger partial charge in [0.1, 0.15) is 12.0 Å². The summed E-state index contributed by atoms with van der Waals surface area (Å²) in [6, 6.07) is 0.145. The number of aromatic nitrogens is 2. The molecular formula is C13H22N4O2. The standard InChI is InChI=1S/C13H22N4O2/c1-7(2)19-12-10(14)11(15-6-16-12)17-8-5-9(18)13(8,3)4/h6-9,18H,5,14H2,1-4H3,(H,15,16,17). The maximum absolute atomic E-state index is 9.74. The highest BCUT2D eigenvalue weighted by atomic mass is 16.5. The minimum absolute atomic E-state index is 0.00650. The Morgan fingerprint density at radius 1 is 1.47 bits per heavy atom. The van der Waals surface area contributed by atoms with Gasteiger partial charge < -0.3 is 20.9 Å². The summed E-state index contributed by atoms with van der Waals surface area (Å²) in [5.74, 6) is 0.959. The van der Waals surface area contributed by atoms with Gasteiger partial charge in [0.05, 0.1) is 12.2 Å². The summed E-state index contributed by atoms with van der Waals surface area (Å²) in [7, 11) is 0. The van der Waals surface area contributed by atoms with Crippen molar-refractivity contribution >= 4 is 11.5 Å². The smallest absolute Gasteiger partial charge is 0.242 e. The molecule has 0 aromatic carbocycles. The predicted molar refractivity (Wildman–Crippen MR) is 74.0 cm³/mol. The first-order chi connectivity index (χ1) is 8.82. The molecule has 0 bridgehead atoms. The van der Waals surface area contributed by atoms with Gasteiger partial charge in [0.15, 0.2) is 5.82 Å². The van der Waals surface area contributed by atoms with Crippen LogP contribution in [0.3, 0.4) is 0 Å². The Kier molecular flexibility index (Phi) is 3.54. The maximum atomic E-state index is 9.74. The van der Waals surface area contributed by atoms with Gasteiger partial charge in [0.2, 0.25) is 5.88 Å². The molecule has 1 aromatic rings. The molecule has 4 N–H and O–H groups in total. The highest BCUT2D eigenvalue weighted by molar-refractivity contribution is 5.67. The van der Waals surface area contributed by atoms with Crippen LogP contribution in [0.2, 0.25) is 0 Å². The summed E-state index contributed by atoms with van der Waals surface area (Å²) < 4.78 is 5.53. The number of nitrogens with two attached hydrogens (primary N) is 1. The molecule has 1 fully saturated rings. The number of nitrogen functional groups attached to an aromatic ring is 1. The Balaban J connectivity index is 2.13. The monoisotopic (exact) mass is 266 g/mol. The minimum atomic E-state index is -0.292. The zero-order valence-electron chi connectivity index (χ0n) is 11.8. The van der Waals surface area contributed by atoms with Crippen LogP contribution in [0.1, 0.15) is 34.1 Å². The molecule has 1 aliphatic carbocycles. The SMILES string of the molecule is CC(C)Oc1ncnc(NC2CC(O)C2(C)C)c1N. The molecule has 2 rings (SSSR count). The summed E-state index contributed by atoms with van der Waals surface area (Å²) in [6.45, 7) is 7.86. The van der Waals surface area contributed by atoms with Crippen molar-refractivity contribution in [1.82, 2.24) is 9.97 Å². The highest BCUT2D eigenvalue weighted by Crippen LogP contribution is 2.42. The topological polar surface area (TPSA) is 93.3 Å². The van der Waals surface area contributed by atoms with Crippen LogP contribution in [0.25, 0.3) is 0 Å². The summed E-state index contributed by atoms with van der Waals surface area (Å²) in [4.78, 5) is 8.18. The Morgan fingerprint density at radius 2 is 2.16 bits per heavy atom. The predicted octanol–water partition coefficient (Wildman–Crippen LogP) is 1.42. The van der Waals surface area contributed by atoms with Gasteiger partial charge in [-0.2, -0.15) is 4.98 Å². The molecule has 2 atom stereocenters. The first kappa shape index (κ1) is 13.9. The third-order valence-electron chi connectivity index (χ3n) is 3.72. The Hall–Kier alpha value is -1.56. The van der Waals surface area contributed by atoms with Crippen molar-refractivity contribution in [1.29, 1.82) is 0 Å². The third-order valence-corrected chi connectivity index (χ3v) is 3.72. The van der Waals surface area contributed by atoms with E-state index in [4.69, 9.17) is 10.5 Å². The van der Waals surface area contributed by atoms with Crippen molar-refractivity contribution in [2.45, 2.75) is 52.4 Å². The first-order valence-electron chi connectivity index (χ1n) is 6.54. The van der Waals surface area contributed by atoms with Crippen LogP contribution >= 0.6 is 0 Å². The second-order valence-electron chi connectivity index (χ2n) is 5.88. The lowest BCUT2D eigenvalue weighted by molar-refractivity contribution is -0.0511. The zero-order chi connectivity index (χ0) is 14.2. The Bertz CT molecular complexity index is 462. The molecular weight excluding hydrogens is 244 g/mol. The van der Waals surface area contributed by atoms with E-state index in [2.05, 4.69) is 15.3 Å². The summed E-state index contributed by atoms with van der Waals surface area (Å²) >= 11 is 0. The van der Waals surface area contributed by atoms with E-state index in [1.54, 1.807) is 0 Å². The van der Waals surface area contributed by atoms with E-state index in [1.165, 1.54) is 6.33 Å². The molecule has 0 saturated heterocycles. The van der Waals surface area contributed by atoms with Crippen molar-refractivity contribution < 1.29 is 9.84 Å².